The molecule has 2 nitrogen and oxygen atoms in total. The number of hydrogen-bond donors (Lipinski definition) is 1. The summed E-state index contributed by atoms with van der Waals surface area (Å²) in [5, 5.41) is 5.29. The Balaban J connectivity index is 2.22. The number of anilines is 1. The Labute approximate surface area is 122 Å². The van der Waals surface area contributed by atoms with Crippen molar-refractivity contribution in [3.63, 3.8) is 0 Å². The van der Waals surface area contributed by atoms with Gasteiger partial charge in [-0.25, -0.2) is 0 Å². The number of amides is 1. The highest BCUT2D eigenvalue weighted by molar-refractivity contribution is 9.10. The van der Waals surface area contributed by atoms with Crippen LogP contribution in [-0.2, 0) is 4.79 Å². The summed E-state index contributed by atoms with van der Waals surface area (Å²) in [5.41, 5.74) is 0.867. The van der Waals surface area contributed by atoms with E-state index in [2.05, 4.69) is 27.3 Å². The first kappa shape index (κ1) is 14.1. The van der Waals surface area contributed by atoms with Crippen molar-refractivity contribution >= 4 is 38.3 Å². The van der Waals surface area contributed by atoms with Crippen molar-refractivity contribution < 1.29 is 4.79 Å². The number of carbonyl (C=O) groups excluding carboxylic acids is 1. The maximum atomic E-state index is 12.0. The van der Waals surface area contributed by atoms with Crippen LogP contribution in [0.4, 0.5) is 5.69 Å². The first-order valence-corrected chi connectivity index (χ1v) is 7.43. The third-order valence-corrected chi connectivity index (χ3v) is 3.92. The molecule has 1 N–H and O–H groups in total. The largest absolute Gasteiger partial charge is 0.326 e. The summed E-state index contributed by atoms with van der Waals surface area (Å²) in [6.45, 7) is 4.09. The van der Waals surface area contributed by atoms with Crippen molar-refractivity contribution in [2.24, 2.45) is 5.92 Å². The molecule has 0 fully saturated rings. The van der Waals surface area contributed by atoms with E-state index in [1.165, 1.54) is 0 Å². The van der Waals surface area contributed by atoms with Gasteiger partial charge in [0.1, 0.15) is 0 Å². The van der Waals surface area contributed by atoms with Gasteiger partial charge in [0, 0.05) is 16.1 Å². The lowest BCUT2D eigenvalue weighted by Gasteiger charge is -2.13. The molecule has 2 rings (SSSR count). The maximum Gasteiger partial charge on any atom is 0.227 e. The molecule has 0 aliphatic heterocycles. The summed E-state index contributed by atoms with van der Waals surface area (Å²) in [6, 6.07) is 12.1. The van der Waals surface area contributed by atoms with E-state index in [1.54, 1.807) is 0 Å². The van der Waals surface area contributed by atoms with Gasteiger partial charge in [-0.3, -0.25) is 4.79 Å². The second kappa shape index (κ2) is 6.20. The van der Waals surface area contributed by atoms with Crippen molar-refractivity contribution in [2.45, 2.75) is 26.7 Å². The topological polar surface area (TPSA) is 29.1 Å². The average Bonchev–Trinajstić information content (AvgIpc) is 2.40. The van der Waals surface area contributed by atoms with Gasteiger partial charge in [0.25, 0.3) is 0 Å². The second-order valence-electron chi connectivity index (χ2n) is 4.71. The Morgan fingerprint density at radius 3 is 2.42 bits per heavy atom. The Kier molecular flexibility index (Phi) is 4.59. The average molecular weight is 320 g/mol. The molecule has 1 amide bonds. The molecule has 0 aliphatic rings. The summed E-state index contributed by atoms with van der Waals surface area (Å²) < 4.78 is 1.06. The lowest BCUT2D eigenvalue weighted by atomic mass is 10.0. The van der Waals surface area contributed by atoms with Crippen molar-refractivity contribution in [3.05, 3.63) is 40.9 Å². The fourth-order valence-corrected chi connectivity index (χ4v) is 2.58. The predicted molar refractivity (Wildman–Crippen MR) is 84.3 cm³/mol. The zero-order valence-electron chi connectivity index (χ0n) is 11.2. The minimum absolute atomic E-state index is 0.0978. The molecule has 0 radical (unpaired) electrons. The molecule has 19 heavy (non-hydrogen) atoms. The molecule has 0 aliphatic carbocycles. The lowest BCUT2D eigenvalue weighted by Crippen LogP contribution is -2.21. The van der Waals surface area contributed by atoms with Gasteiger partial charge in [0.05, 0.1) is 0 Å². The first-order chi connectivity index (χ1) is 9.13. The molecule has 2 aromatic carbocycles. The van der Waals surface area contributed by atoms with E-state index in [-0.39, 0.29) is 11.8 Å². The number of benzene rings is 2. The van der Waals surface area contributed by atoms with E-state index >= 15 is 0 Å². The molecular formula is C16H18BrNO. The summed E-state index contributed by atoms with van der Waals surface area (Å²) in [7, 11) is 0. The van der Waals surface area contributed by atoms with Crippen molar-refractivity contribution in [3.8, 4) is 0 Å². The van der Waals surface area contributed by atoms with E-state index in [0.717, 1.165) is 33.8 Å². The number of fused-ring (bicyclic) bond motifs is 1. The third-order valence-electron chi connectivity index (χ3n) is 3.43. The maximum absolute atomic E-state index is 12.0. The first-order valence-electron chi connectivity index (χ1n) is 6.64. The molecule has 0 spiro atoms. The monoisotopic (exact) mass is 319 g/mol. The number of nitrogens with one attached hydrogen (secondary N) is 1. The van der Waals surface area contributed by atoms with Gasteiger partial charge in [-0.1, -0.05) is 41.9 Å². The van der Waals surface area contributed by atoms with Gasteiger partial charge in [0.2, 0.25) is 5.91 Å². The van der Waals surface area contributed by atoms with Crippen LogP contribution in [0.1, 0.15) is 26.7 Å². The molecular weight excluding hydrogens is 302 g/mol. The van der Waals surface area contributed by atoms with Crippen LogP contribution in [0.15, 0.2) is 40.9 Å². The van der Waals surface area contributed by atoms with Crippen LogP contribution in [0.3, 0.4) is 0 Å². The standard InChI is InChI=1S/C16H18BrNO/c1-3-11(4-2)16(19)18-15-8-6-12-9-14(17)7-5-13(12)10-15/h5-11H,3-4H2,1-2H3,(H,18,19). The SMILES string of the molecule is CCC(CC)C(=O)Nc1ccc2cc(Br)ccc2c1. The fraction of sp³-hybridized carbons (Fsp3) is 0.312. The summed E-state index contributed by atoms with van der Waals surface area (Å²) in [5.74, 6) is 0.210. The van der Waals surface area contributed by atoms with Gasteiger partial charge >= 0.3 is 0 Å². The van der Waals surface area contributed by atoms with E-state index in [0.29, 0.717) is 0 Å². The number of hydrogen-bond acceptors (Lipinski definition) is 1. The smallest absolute Gasteiger partial charge is 0.227 e. The molecule has 0 heterocycles. The highest BCUT2D eigenvalue weighted by Gasteiger charge is 2.13. The van der Waals surface area contributed by atoms with Crippen LogP contribution >= 0.6 is 15.9 Å². The van der Waals surface area contributed by atoms with Crippen molar-refractivity contribution in [2.75, 3.05) is 5.32 Å². The van der Waals surface area contributed by atoms with Gasteiger partial charge in [-0.2, -0.15) is 0 Å². The molecule has 0 saturated carbocycles. The van der Waals surface area contributed by atoms with Crippen LogP contribution in [-0.4, -0.2) is 5.91 Å². The predicted octanol–water partition coefficient (Wildman–Crippen LogP) is 4.98. The Bertz CT molecular complexity index is 590. The Morgan fingerprint density at radius 2 is 1.74 bits per heavy atom. The van der Waals surface area contributed by atoms with Gasteiger partial charge in [0.15, 0.2) is 0 Å². The van der Waals surface area contributed by atoms with Crippen molar-refractivity contribution in [1.29, 1.82) is 0 Å². The van der Waals surface area contributed by atoms with E-state index in [1.807, 2.05) is 44.2 Å². The Morgan fingerprint density at radius 1 is 1.11 bits per heavy atom. The molecule has 2 aromatic rings. The van der Waals surface area contributed by atoms with Crippen LogP contribution in [0.25, 0.3) is 10.8 Å². The fourth-order valence-electron chi connectivity index (χ4n) is 2.20. The molecule has 0 atom stereocenters. The third kappa shape index (κ3) is 3.35. The number of halogens is 1. The van der Waals surface area contributed by atoms with E-state index in [4.69, 9.17) is 0 Å². The van der Waals surface area contributed by atoms with Crippen LogP contribution in [0, 0.1) is 5.92 Å². The second-order valence-corrected chi connectivity index (χ2v) is 5.62. The Hall–Kier alpha value is -1.35. The molecule has 0 bridgehead atoms. The van der Waals surface area contributed by atoms with Gasteiger partial charge < -0.3 is 5.32 Å². The molecule has 0 saturated heterocycles. The highest BCUT2D eigenvalue weighted by Crippen LogP contribution is 2.23. The number of carbonyl (C=O) groups is 1. The molecule has 3 heteroatoms. The molecule has 100 valence electrons. The molecule has 0 unspecified atom stereocenters. The lowest BCUT2D eigenvalue weighted by molar-refractivity contribution is -0.120. The minimum atomic E-state index is 0.0978. The summed E-state index contributed by atoms with van der Waals surface area (Å²) >= 11 is 3.46. The summed E-state index contributed by atoms with van der Waals surface area (Å²) in [6.07, 6.45) is 1.76. The van der Waals surface area contributed by atoms with Gasteiger partial charge in [-0.05, 0) is 47.9 Å². The van der Waals surface area contributed by atoms with Crippen LogP contribution < -0.4 is 5.32 Å². The van der Waals surface area contributed by atoms with Crippen molar-refractivity contribution in [1.82, 2.24) is 0 Å². The zero-order chi connectivity index (χ0) is 13.8. The summed E-state index contributed by atoms with van der Waals surface area (Å²) in [4.78, 5) is 12.0. The van der Waals surface area contributed by atoms with E-state index < -0.39 is 0 Å². The van der Waals surface area contributed by atoms with Gasteiger partial charge in [-0.15, -0.1) is 0 Å². The quantitative estimate of drug-likeness (QED) is 0.846. The number of rotatable bonds is 4. The molecule has 0 aromatic heterocycles. The normalized spacial score (nSPS) is 10.9. The highest BCUT2D eigenvalue weighted by atomic mass is 79.9. The van der Waals surface area contributed by atoms with Crippen LogP contribution in [0.2, 0.25) is 0 Å². The zero-order valence-corrected chi connectivity index (χ0v) is 12.8. The van der Waals surface area contributed by atoms with E-state index in [9.17, 15) is 4.79 Å². The minimum Gasteiger partial charge on any atom is -0.326 e. The van der Waals surface area contributed by atoms with Crippen LogP contribution in [0.5, 0.6) is 0 Å².